The molecule has 130 valence electrons. The Labute approximate surface area is 139 Å². The number of rotatable bonds is 3. The Morgan fingerprint density at radius 1 is 1.12 bits per heavy atom. The smallest absolute Gasteiger partial charge is 0.422 e. The van der Waals surface area contributed by atoms with Gasteiger partial charge in [0.1, 0.15) is 5.75 Å². The Morgan fingerprint density at radius 3 is 2.33 bits per heavy atom. The highest BCUT2D eigenvalue weighted by Gasteiger charge is 2.47. The van der Waals surface area contributed by atoms with Crippen molar-refractivity contribution in [3.05, 3.63) is 36.4 Å². The molecule has 0 bridgehead atoms. The van der Waals surface area contributed by atoms with Crippen LogP contribution in [0.1, 0.15) is 32.1 Å². The highest BCUT2D eigenvalue weighted by molar-refractivity contribution is 6.00. The number of carbonyl (C=O) groups is 1. The zero-order valence-electron chi connectivity index (χ0n) is 13.4. The van der Waals surface area contributed by atoms with Crippen LogP contribution in [0.5, 0.6) is 5.75 Å². The fourth-order valence-corrected chi connectivity index (χ4v) is 3.50. The van der Waals surface area contributed by atoms with Crippen LogP contribution in [0.25, 0.3) is 0 Å². The minimum Gasteiger partial charge on any atom is -0.484 e. The Kier molecular flexibility index (Phi) is 4.32. The highest BCUT2D eigenvalue weighted by Crippen LogP contribution is 2.47. The standard InChI is InChI=1S/C18H20F3NO2/c1-13-6-8-17(9-7-13)10-11-22(16(17)23)14-2-4-15(5-3-14)24-12-18(19,20)21/h2-5H,1,6-12H2. The van der Waals surface area contributed by atoms with Crippen molar-refractivity contribution in [3.63, 3.8) is 0 Å². The number of alkyl halides is 3. The number of allylic oxidation sites excluding steroid dienone is 1. The average Bonchev–Trinajstić information content (AvgIpc) is 2.85. The van der Waals surface area contributed by atoms with Crippen molar-refractivity contribution in [1.29, 1.82) is 0 Å². The first-order chi connectivity index (χ1) is 11.3. The SMILES string of the molecule is C=C1CCC2(CC1)CCN(c1ccc(OCC(F)(F)F)cc1)C2=O. The molecule has 1 saturated carbocycles. The van der Waals surface area contributed by atoms with Crippen LogP contribution < -0.4 is 9.64 Å². The summed E-state index contributed by atoms with van der Waals surface area (Å²) in [7, 11) is 0. The predicted octanol–water partition coefficient (Wildman–Crippen LogP) is 4.48. The topological polar surface area (TPSA) is 29.5 Å². The second-order valence-electron chi connectivity index (χ2n) is 6.63. The van der Waals surface area contributed by atoms with E-state index in [-0.39, 0.29) is 17.1 Å². The van der Waals surface area contributed by atoms with Gasteiger partial charge in [-0.25, -0.2) is 0 Å². The minimum atomic E-state index is -4.36. The van der Waals surface area contributed by atoms with Crippen LogP contribution >= 0.6 is 0 Å². The third kappa shape index (κ3) is 3.42. The molecule has 0 atom stereocenters. The van der Waals surface area contributed by atoms with Crippen molar-refractivity contribution >= 4 is 11.6 Å². The van der Waals surface area contributed by atoms with Crippen LogP contribution in [0.15, 0.2) is 36.4 Å². The van der Waals surface area contributed by atoms with Gasteiger partial charge in [-0.1, -0.05) is 12.2 Å². The Hall–Kier alpha value is -1.98. The van der Waals surface area contributed by atoms with Crippen molar-refractivity contribution in [2.75, 3.05) is 18.1 Å². The Balaban J connectivity index is 1.67. The molecule has 24 heavy (non-hydrogen) atoms. The van der Waals surface area contributed by atoms with E-state index in [1.54, 1.807) is 17.0 Å². The molecule has 0 N–H and O–H groups in total. The van der Waals surface area contributed by atoms with Crippen LogP contribution in [-0.4, -0.2) is 25.2 Å². The minimum absolute atomic E-state index is 0.124. The van der Waals surface area contributed by atoms with Crippen LogP contribution in [-0.2, 0) is 4.79 Å². The maximum absolute atomic E-state index is 12.8. The van der Waals surface area contributed by atoms with Gasteiger partial charge >= 0.3 is 6.18 Å². The third-order valence-corrected chi connectivity index (χ3v) is 4.98. The molecule has 1 aromatic rings. The first kappa shape index (κ1) is 16.9. The summed E-state index contributed by atoms with van der Waals surface area (Å²) in [4.78, 5) is 14.6. The summed E-state index contributed by atoms with van der Waals surface area (Å²) >= 11 is 0. The molecule has 1 aliphatic heterocycles. The number of halogens is 3. The number of anilines is 1. The van der Waals surface area contributed by atoms with E-state index < -0.39 is 12.8 Å². The number of hydrogen-bond donors (Lipinski definition) is 0. The molecule has 2 aliphatic rings. The quantitative estimate of drug-likeness (QED) is 0.760. The molecule has 1 amide bonds. The van der Waals surface area contributed by atoms with Crippen LogP contribution in [0.2, 0.25) is 0 Å². The Morgan fingerprint density at radius 2 is 1.75 bits per heavy atom. The molecular weight excluding hydrogens is 319 g/mol. The highest BCUT2D eigenvalue weighted by atomic mass is 19.4. The summed E-state index contributed by atoms with van der Waals surface area (Å²) in [6, 6.07) is 6.24. The zero-order valence-corrected chi connectivity index (χ0v) is 13.4. The molecule has 0 unspecified atom stereocenters. The molecule has 3 nitrogen and oxygen atoms in total. The van der Waals surface area contributed by atoms with Crippen molar-refractivity contribution in [3.8, 4) is 5.75 Å². The normalized spacial score (nSPS) is 20.7. The van der Waals surface area contributed by atoms with Gasteiger partial charge in [-0.2, -0.15) is 13.2 Å². The molecule has 1 saturated heterocycles. The van der Waals surface area contributed by atoms with E-state index in [4.69, 9.17) is 4.74 Å². The van der Waals surface area contributed by atoms with Crippen LogP contribution in [0.4, 0.5) is 18.9 Å². The van der Waals surface area contributed by atoms with E-state index in [0.717, 1.165) is 32.1 Å². The van der Waals surface area contributed by atoms with E-state index in [1.165, 1.54) is 17.7 Å². The summed E-state index contributed by atoms with van der Waals surface area (Å²) in [5.41, 5.74) is 1.63. The zero-order chi connectivity index (χ0) is 17.4. The van der Waals surface area contributed by atoms with Crippen molar-refractivity contribution in [2.45, 2.75) is 38.3 Å². The molecule has 6 heteroatoms. The van der Waals surface area contributed by atoms with E-state index in [1.807, 2.05) is 0 Å². The lowest BCUT2D eigenvalue weighted by atomic mass is 9.72. The van der Waals surface area contributed by atoms with Crippen molar-refractivity contribution < 1.29 is 22.7 Å². The molecular formula is C18H20F3NO2. The first-order valence-electron chi connectivity index (χ1n) is 8.07. The lowest BCUT2D eigenvalue weighted by molar-refractivity contribution is -0.153. The van der Waals surface area contributed by atoms with Gasteiger partial charge in [-0.15, -0.1) is 0 Å². The maximum Gasteiger partial charge on any atom is 0.422 e. The van der Waals surface area contributed by atoms with E-state index in [2.05, 4.69) is 6.58 Å². The van der Waals surface area contributed by atoms with E-state index >= 15 is 0 Å². The predicted molar refractivity (Wildman–Crippen MR) is 85.0 cm³/mol. The largest absolute Gasteiger partial charge is 0.484 e. The molecule has 0 aromatic heterocycles. The molecule has 1 aromatic carbocycles. The molecule has 2 fully saturated rings. The van der Waals surface area contributed by atoms with Gasteiger partial charge in [0, 0.05) is 12.2 Å². The molecule has 0 radical (unpaired) electrons. The fourth-order valence-electron chi connectivity index (χ4n) is 3.50. The number of nitrogens with zero attached hydrogens (tertiary/aromatic N) is 1. The summed E-state index contributed by atoms with van der Waals surface area (Å²) < 4.78 is 41.2. The number of ether oxygens (including phenoxy) is 1. The van der Waals surface area contributed by atoms with Gasteiger partial charge in [-0.3, -0.25) is 4.79 Å². The van der Waals surface area contributed by atoms with Gasteiger partial charge < -0.3 is 9.64 Å². The van der Waals surface area contributed by atoms with Gasteiger partial charge in [-0.05, 0) is 56.4 Å². The lowest BCUT2D eigenvalue weighted by Crippen LogP contribution is -2.36. The average molecular weight is 339 g/mol. The van der Waals surface area contributed by atoms with Gasteiger partial charge in [0.15, 0.2) is 6.61 Å². The number of hydrogen-bond acceptors (Lipinski definition) is 2. The second-order valence-corrected chi connectivity index (χ2v) is 6.63. The lowest BCUT2D eigenvalue weighted by Gasteiger charge is -2.32. The first-order valence-corrected chi connectivity index (χ1v) is 8.07. The summed E-state index contributed by atoms with van der Waals surface area (Å²) in [6.45, 7) is 3.33. The van der Waals surface area contributed by atoms with Crippen molar-refractivity contribution in [2.24, 2.45) is 5.41 Å². The molecule has 3 rings (SSSR count). The second kappa shape index (κ2) is 6.15. The maximum atomic E-state index is 12.8. The number of amides is 1. The van der Waals surface area contributed by atoms with Gasteiger partial charge in [0.05, 0.1) is 5.41 Å². The monoisotopic (exact) mass is 339 g/mol. The van der Waals surface area contributed by atoms with Crippen LogP contribution in [0, 0.1) is 5.41 Å². The van der Waals surface area contributed by atoms with E-state index in [9.17, 15) is 18.0 Å². The summed E-state index contributed by atoms with van der Waals surface area (Å²) in [5.74, 6) is 0.269. The Bertz CT molecular complexity index is 627. The fraction of sp³-hybridized carbons (Fsp3) is 0.500. The number of carbonyl (C=O) groups excluding carboxylic acids is 1. The molecule has 1 heterocycles. The van der Waals surface area contributed by atoms with Gasteiger partial charge in [0.25, 0.3) is 0 Å². The summed E-state index contributed by atoms with van der Waals surface area (Å²) in [6.07, 6.45) is -0.0676. The van der Waals surface area contributed by atoms with E-state index in [0.29, 0.717) is 12.2 Å². The molecule has 1 aliphatic carbocycles. The summed E-state index contributed by atoms with van der Waals surface area (Å²) in [5, 5.41) is 0. The van der Waals surface area contributed by atoms with Crippen molar-refractivity contribution in [1.82, 2.24) is 0 Å². The number of benzene rings is 1. The van der Waals surface area contributed by atoms with Crippen LogP contribution in [0.3, 0.4) is 0 Å². The molecule has 1 spiro atoms. The third-order valence-electron chi connectivity index (χ3n) is 4.98. The van der Waals surface area contributed by atoms with Gasteiger partial charge in [0.2, 0.25) is 5.91 Å².